The summed E-state index contributed by atoms with van der Waals surface area (Å²) in [4.78, 5) is 0. The second-order valence-electron chi connectivity index (χ2n) is 4.86. The highest BCUT2D eigenvalue weighted by Crippen LogP contribution is 2.38. The van der Waals surface area contributed by atoms with E-state index in [0.29, 0.717) is 0 Å². The normalized spacial score (nSPS) is 21.9. The van der Waals surface area contributed by atoms with Crippen LogP contribution in [-0.2, 0) is 6.42 Å². The Balaban J connectivity index is 1.96. The van der Waals surface area contributed by atoms with E-state index in [1.807, 2.05) is 36.1 Å². The number of aryl methyl sites for hydroxylation is 1. The first-order chi connectivity index (χ1) is 8.69. The lowest BCUT2D eigenvalue weighted by Gasteiger charge is -2.16. The molecule has 0 radical (unpaired) electrons. The molecule has 2 aromatic rings. The van der Waals surface area contributed by atoms with E-state index in [-0.39, 0.29) is 12.1 Å². The SMILES string of the molecule is COc1ccc2c(c1)C(N)C(n1cc(C)cn1)C2. The Morgan fingerprint density at radius 1 is 1.44 bits per heavy atom. The second kappa shape index (κ2) is 4.14. The van der Waals surface area contributed by atoms with Crippen molar-refractivity contribution in [3.05, 3.63) is 47.3 Å². The van der Waals surface area contributed by atoms with Crippen molar-refractivity contribution in [3.8, 4) is 5.75 Å². The fraction of sp³-hybridized carbons (Fsp3) is 0.357. The van der Waals surface area contributed by atoms with Crippen molar-refractivity contribution in [3.63, 3.8) is 0 Å². The van der Waals surface area contributed by atoms with Gasteiger partial charge in [0.25, 0.3) is 0 Å². The lowest BCUT2D eigenvalue weighted by molar-refractivity contribution is 0.405. The van der Waals surface area contributed by atoms with Crippen LogP contribution in [0.4, 0.5) is 0 Å². The molecule has 2 N–H and O–H groups in total. The molecule has 1 aromatic heterocycles. The number of rotatable bonds is 2. The first-order valence-corrected chi connectivity index (χ1v) is 6.12. The van der Waals surface area contributed by atoms with Crippen molar-refractivity contribution < 1.29 is 4.74 Å². The van der Waals surface area contributed by atoms with E-state index in [0.717, 1.165) is 17.7 Å². The fourth-order valence-corrected chi connectivity index (χ4v) is 2.63. The van der Waals surface area contributed by atoms with Gasteiger partial charge in [-0.2, -0.15) is 5.10 Å². The monoisotopic (exact) mass is 243 g/mol. The molecule has 3 rings (SSSR count). The minimum absolute atomic E-state index is 0.0191. The number of methoxy groups -OCH3 is 1. The first-order valence-electron chi connectivity index (χ1n) is 6.12. The minimum atomic E-state index is -0.0191. The van der Waals surface area contributed by atoms with Crippen molar-refractivity contribution in [2.24, 2.45) is 5.73 Å². The summed E-state index contributed by atoms with van der Waals surface area (Å²) in [7, 11) is 1.68. The zero-order chi connectivity index (χ0) is 12.7. The van der Waals surface area contributed by atoms with Gasteiger partial charge in [-0.1, -0.05) is 6.07 Å². The van der Waals surface area contributed by atoms with Crippen LogP contribution in [0.5, 0.6) is 5.75 Å². The van der Waals surface area contributed by atoms with Gasteiger partial charge in [-0.3, -0.25) is 4.68 Å². The average Bonchev–Trinajstić information content (AvgIpc) is 2.94. The average molecular weight is 243 g/mol. The third kappa shape index (κ3) is 1.69. The zero-order valence-corrected chi connectivity index (χ0v) is 10.6. The Morgan fingerprint density at radius 3 is 2.94 bits per heavy atom. The number of ether oxygens (including phenoxy) is 1. The molecule has 4 nitrogen and oxygen atoms in total. The predicted molar refractivity (Wildman–Crippen MR) is 69.6 cm³/mol. The first kappa shape index (κ1) is 11.3. The van der Waals surface area contributed by atoms with Gasteiger partial charge in [0.05, 0.1) is 25.4 Å². The molecule has 1 heterocycles. The van der Waals surface area contributed by atoms with E-state index in [2.05, 4.69) is 11.2 Å². The van der Waals surface area contributed by atoms with Crippen molar-refractivity contribution in [2.75, 3.05) is 7.11 Å². The second-order valence-corrected chi connectivity index (χ2v) is 4.86. The maximum absolute atomic E-state index is 6.34. The highest BCUT2D eigenvalue weighted by Gasteiger charge is 2.31. The van der Waals surface area contributed by atoms with Crippen molar-refractivity contribution in [2.45, 2.75) is 25.4 Å². The van der Waals surface area contributed by atoms with Crippen LogP contribution in [0.1, 0.15) is 28.8 Å². The van der Waals surface area contributed by atoms with E-state index in [4.69, 9.17) is 10.5 Å². The molecule has 0 amide bonds. The summed E-state index contributed by atoms with van der Waals surface area (Å²) in [6, 6.07) is 6.32. The standard InChI is InChI=1S/C14H17N3O/c1-9-7-16-17(8-9)13-5-10-3-4-11(18-2)6-12(10)14(13)15/h3-4,6-8,13-14H,5,15H2,1-2H3. The van der Waals surface area contributed by atoms with Crippen LogP contribution >= 0.6 is 0 Å². The number of nitrogens with zero attached hydrogens (tertiary/aromatic N) is 2. The van der Waals surface area contributed by atoms with Crippen LogP contribution in [0.25, 0.3) is 0 Å². The molecule has 4 heteroatoms. The minimum Gasteiger partial charge on any atom is -0.497 e. The van der Waals surface area contributed by atoms with Crippen molar-refractivity contribution in [1.29, 1.82) is 0 Å². The highest BCUT2D eigenvalue weighted by molar-refractivity contribution is 5.42. The Hall–Kier alpha value is -1.81. The van der Waals surface area contributed by atoms with E-state index >= 15 is 0 Å². The molecule has 0 saturated carbocycles. The van der Waals surface area contributed by atoms with Crippen LogP contribution in [-0.4, -0.2) is 16.9 Å². The van der Waals surface area contributed by atoms with Crippen LogP contribution in [0.15, 0.2) is 30.6 Å². The van der Waals surface area contributed by atoms with E-state index < -0.39 is 0 Å². The predicted octanol–water partition coefficient (Wildman–Crippen LogP) is 2.00. The smallest absolute Gasteiger partial charge is 0.119 e. The number of hydrogen-bond acceptors (Lipinski definition) is 3. The quantitative estimate of drug-likeness (QED) is 0.877. The van der Waals surface area contributed by atoms with Crippen molar-refractivity contribution >= 4 is 0 Å². The van der Waals surface area contributed by atoms with Crippen LogP contribution < -0.4 is 10.5 Å². The molecule has 18 heavy (non-hydrogen) atoms. The van der Waals surface area contributed by atoms with Crippen LogP contribution in [0.3, 0.4) is 0 Å². The number of nitrogens with two attached hydrogens (primary N) is 1. The maximum Gasteiger partial charge on any atom is 0.119 e. The van der Waals surface area contributed by atoms with E-state index in [1.54, 1.807) is 7.11 Å². The molecule has 0 fully saturated rings. The molecule has 1 aliphatic rings. The third-order valence-corrected chi connectivity index (χ3v) is 3.63. The summed E-state index contributed by atoms with van der Waals surface area (Å²) >= 11 is 0. The van der Waals surface area contributed by atoms with Gasteiger partial charge >= 0.3 is 0 Å². The molecule has 0 spiro atoms. The Morgan fingerprint density at radius 2 is 2.28 bits per heavy atom. The van der Waals surface area contributed by atoms with Gasteiger partial charge in [0.15, 0.2) is 0 Å². The van der Waals surface area contributed by atoms with E-state index in [1.165, 1.54) is 11.1 Å². The zero-order valence-electron chi connectivity index (χ0n) is 10.6. The highest BCUT2D eigenvalue weighted by atomic mass is 16.5. The van der Waals surface area contributed by atoms with Crippen LogP contribution in [0.2, 0.25) is 0 Å². The third-order valence-electron chi connectivity index (χ3n) is 3.63. The summed E-state index contributed by atoms with van der Waals surface area (Å²) < 4.78 is 7.23. The summed E-state index contributed by atoms with van der Waals surface area (Å²) in [5, 5.41) is 4.38. The molecular weight excluding hydrogens is 226 g/mol. The van der Waals surface area contributed by atoms with E-state index in [9.17, 15) is 0 Å². The molecule has 0 saturated heterocycles. The molecule has 94 valence electrons. The number of aromatic nitrogens is 2. The van der Waals surface area contributed by atoms with Gasteiger partial charge in [-0.05, 0) is 42.2 Å². The van der Waals surface area contributed by atoms with Gasteiger partial charge < -0.3 is 10.5 Å². The fourth-order valence-electron chi connectivity index (χ4n) is 2.63. The molecule has 2 unspecified atom stereocenters. The number of fused-ring (bicyclic) bond motifs is 1. The largest absolute Gasteiger partial charge is 0.497 e. The van der Waals surface area contributed by atoms with Crippen LogP contribution in [0, 0.1) is 6.92 Å². The summed E-state index contributed by atoms with van der Waals surface area (Å²) in [5.74, 6) is 0.862. The maximum atomic E-state index is 6.34. The van der Waals surface area contributed by atoms with Gasteiger partial charge in [-0.15, -0.1) is 0 Å². The number of hydrogen-bond donors (Lipinski definition) is 1. The van der Waals surface area contributed by atoms with Gasteiger partial charge in [0.2, 0.25) is 0 Å². The lowest BCUT2D eigenvalue weighted by atomic mass is 10.1. The summed E-state index contributed by atoms with van der Waals surface area (Å²) in [6.07, 6.45) is 4.85. The Labute approximate surface area is 106 Å². The Kier molecular flexibility index (Phi) is 2.59. The van der Waals surface area contributed by atoms with Gasteiger partial charge in [0.1, 0.15) is 5.75 Å². The molecule has 0 aliphatic heterocycles. The molecule has 0 bridgehead atoms. The molecular formula is C14H17N3O. The van der Waals surface area contributed by atoms with Gasteiger partial charge in [-0.25, -0.2) is 0 Å². The summed E-state index contributed by atoms with van der Waals surface area (Å²) in [5.41, 5.74) is 9.97. The molecule has 1 aromatic carbocycles. The number of benzene rings is 1. The lowest BCUT2D eigenvalue weighted by Crippen LogP contribution is -2.21. The topological polar surface area (TPSA) is 53.1 Å². The van der Waals surface area contributed by atoms with Crippen molar-refractivity contribution in [1.82, 2.24) is 9.78 Å². The molecule has 1 aliphatic carbocycles. The summed E-state index contributed by atoms with van der Waals surface area (Å²) in [6.45, 7) is 2.04. The molecule has 2 atom stereocenters. The van der Waals surface area contributed by atoms with Gasteiger partial charge in [0, 0.05) is 6.20 Å². The Bertz CT molecular complexity index is 576.